The molecule has 1 N–H and O–H groups in total. The Balaban J connectivity index is 2.22. The van der Waals surface area contributed by atoms with Crippen LogP contribution >= 0.6 is 0 Å². The van der Waals surface area contributed by atoms with Crippen LogP contribution in [0.15, 0.2) is 18.2 Å². The van der Waals surface area contributed by atoms with Crippen LogP contribution in [0.25, 0.3) is 0 Å². The molecule has 1 aliphatic heterocycles. The molecular formula is C16H21NO5. The summed E-state index contributed by atoms with van der Waals surface area (Å²) in [4.78, 5) is 23.8. The van der Waals surface area contributed by atoms with E-state index in [-0.39, 0.29) is 24.0 Å². The predicted octanol–water partition coefficient (Wildman–Crippen LogP) is 1.57. The number of piperidine rings is 1. The van der Waals surface area contributed by atoms with Gasteiger partial charge in [-0.15, -0.1) is 0 Å². The number of rotatable bonds is 6. The number of ether oxygens (including phenoxy) is 3. The number of methoxy groups -OCH3 is 1. The molecule has 1 heterocycles. The molecule has 0 aliphatic carbocycles. The average Bonchev–Trinajstić information content (AvgIpc) is 2.55. The van der Waals surface area contributed by atoms with Crippen LogP contribution in [0.3, 0.4) is 0 Å². The molecule has 1 aromatic rings. The second kappa shape index (κ2) is 7.79. The maximum Gasteiger partial charge on any atom is 0.379 e. The fourth-order valence-electron chi connectivity index (χ4n) is 2.40. The van der Waals surface area contributed by atoms with Gasteiger partial charge in [0.1, 0.15) is 6.10 Å². The van der Waals surface area contributed by atoms with Gasteiger partial charge in [-0.3, -0.25) is 4.79 Å². The zero-order valence-electron chi connectivity index (χ0n) is 12.9. The van der Waals surface area contributed by atoms with Crippen LogP contribution in [0.1, 0.15) is 30.1 Å². The molecule has 120 valence electrons. The van der Waals surface area contributed by atoms with Gasteiger partial charge < -0.3 is 19.5 Å². The number of esters is 1. The molecule has 1 fully saturated rings. The topological polar surface area (TPSA) is 73.9 Å². The first kappa shape index (κ1) is 16.3. The number of Topliss-reactive ketones (excluding diaryl/α,β-unsaturated/α-hetero) is 1. The molecule has 1 aliphatic rings. The minimum Gasteiger partial charge on any atom is -0.492 e. The van der Waals surface area contributed by atoms with Gasteiger partial charge in [-0.25, -0.2) is 4.79 Å². The SMILES string of the molecule is CCOC(=O)C(=O)c1cccc(OC2CCCNC2)c1OC. The molecule has 6 heteroatoms. The summed E-state index contributed by atoms with van der Waals surface area (Å²) in [6.45, 7) is 3.53. The summed E-state index contributed by atoms with van der Waals surface area (Å²) in [5.74, 6) is -0.888. The van der Waals surface area contributed by atoms with Crippen LogP contribution in [0.4, 0.5) is 0 Å². The maximum absolute atomic E-state index is 12.1. The highest BCUT2D eigenvalue weighted by Gasteiger charge is 2.25. The molecule has 0 radical (unpaired) electrons. The van der Waals surface area contributed by atoms with Crippen LogP contribution in [0, 0.1) is 0 Å². The maximum atomic E-state index is 12.1. The summed E-state index contributed by atoms with van der Waals surface area (Å²) < 4.78 is 16.0. The summed E-state index contributed by atoms with van der Waals surface area (Å²) in [7, 11) is 1.45. The van der Waals surface area contributed by atoms with Crippen molar-refractivity contribution >= 4 is 11.8 Å². The Kier molecular flexibility index (Phi) is 5.77. The minimum atomic E-state index is -0.891. The highest BCUT2D eigenvalue weighted by molar-refractivity contribution is 6.41. The van der Waals surface area contributed by atoms with E-state index in [4.69, 9.17) is 14.2 Å². The Morgan fingerprint density at radius 2 is 2.18 bits per heavy atom. The van der Waals surface area contributed by atoms with Gasteiger partial charge in [-0.05, 0) is 38.4 Å². The van der Waals surface area contributed by atoms with Crippen molar-refractivity contribution in [1.29, 1.82) is 0 Å². The second-order valence-electron chi connectivity index (χ2n) is 4.97. The van der Waals surface area contributed by atoms with E-state index in [1.165, 1.54) is 13.2 Å². The number of ketones is 1. The van der Waals surface area contributed by atoms with Crippen LogP contribution in [-0.2, 0) is 9.53 Å². The van der Waals surface area contributed by atoms with E-state index >= 15 is 0 Å². The summed E-state index contributed by atoms with van der Waals surface area (Å²) in [6, 6.07) is 4.93. The number of hydrogen-bond donors (Lipinski definition) is 1. The molecule has 0 spiro atoms. The lowest BCUT2D eigenvalue weighted by molar-refractivity contribution is -0.137. The first-order chi connectivity index (χ1) is 10.7. The van der Waals surface area contributed by atoms with Crippen LogP contribution in [0.2, 0.25) is 0 Å². The molecular weight excluding hydrogens is 286 g/mol. The van der Waals surface area contributed by atoms with E-state index in [2.05, 4.69) is 5.32 Å². The van der Waals surface area contributed by atoms with Gasteiger partial charge >= 0.3 is 5.97 Å². The van der Waals surface area contributed by atoms with Crippen molar-refractivity contribution in [3.05, 3.63) is 23.8 Å². The normalized spacial score (nSPS) is 17.6. The van der Waals surface area contributed by atoms with Crippen molar-refractivity contribution in [2.45, 2.75) is 25.9 Å². The third kappa shape index (κ3) is 3.76. The average molecular weight is 307 g/mol. The van der Waals surface area contributed by atoms with Crippen molar-refractivity contribution in [3.63, 3.8) is 0 Å². The van der Waals surface area contributed by atoms with Gasteiger partial charge in [-0.1, -0.05) is 6.07 Å². The van der Waals surface area contributed by atoms with E-state index in [9.17, 15) is 9.59 Å². The smallest absolute Gasteiger partial charge is 0.379 e. The first-order valence-corrected chi connectivity index (χ1v) is 7.43. The van der Waals surface area contributed by atoms with E-state index in [0.29, 0.717) is 5.75 Å². The fraction of sp³-hybridized carbons (Fsp3) is 0.500. The van der Waals surface area contributed by atoms with Crippen molar-refractivity contribution in [2.75, 3.05) is 26.8 Å². The third-order valence-corrected chi connectivity index (χ3v) is 3.43. The lowest BCUT2D eigenvalue weighted by atomic mass is 10.1. The number of hydrogen-bond acceptors (Lipinski definition) is 6. The molecule has 0 saturated carbocycles. The zero-order chi connectivity index (χ0) is 15.9. The van der Waals surface area contributed by atoms with E-state index in [1.54, 1.807) is 19.1 Å². The highest BCUT2D eigenvalue weighted by atomic mass is 16.5. The summed E-state index contributed by atoms with van der Waals surface area (Å²) in [5, 5.41) is 3.26. The largest absolute Gasteiger partial charge is 0.492 e. The standard InChI is InChI=1S/C16H21NO5/c1-3-21-16(19)14(18)12-7-4-8-13(15(12)20-2)22-11-6-5-9-17-10-11/h4,7-8,11,17H,3,5-6,9-10H2,1-2H3. The first-order valence-electron chi connectivity index (χ1n) is 7.43. The van der Waals surface area contributed by atoms with Gasteiger partial charge in [0.15, 0.2) is 11.5 Å². The molecule has 1 aromatic carbocycles. The van der Waals surface area contributed by atoms with Crippen LogP contribution < -0.4 is 14.8 Å². The number of carbonyl (C=O) groups excluding carboxylic acids is 2. The summed E-state index contributed by atoms with van der Waals surface area (Å²) in [6.07, 6.45) is 2.00. The molecule has 2 rings (SSSR count). The highest BCUT2D eigenvalue weighted by Crippen LogP contribution is 2.33. The zero-order valence-corrected chi connectivity index (χ0v) is 12.9. The molecule has 1 atom stereocenters. The van der Waals surface area contributed by atoms with Crippen molar-refractivity contribution in [2.24, 2.45) is 0 Å². The number of benzene rings is 1. The lowest BCUT2D eigenvalue weighted by Crippen LogP contribution is -2.37. The number of carbonyl (C=O) groups is 2. The fourth-order valence-corrected chi connectivity index (χ4v) is 2.40. The number of para-hydroxylation sites is 1. The predicted molar refractivity (Wildman–Crippen MR) is 80.5 cm³/mol. The molecule has 22 heavy (non-hydrogen) atoms. The Hall–Kier alpha value is -2.08. The molecule has 6 nitrogen and oxygen atoms in total. The van der Waals surface area contributed by atoms with Crippen LogP contribution in [0.5, 0.6) is 11.5 Å². The van der Waals surface area contributed by atoms with Gasteiger partial charge in [0, 0.05) is 6.54 Å². The van der Waals surface area contributed by atoms with Gasteiger partial charge in [0.05, 0.1) is 19.3 Å². The number of nitrogens with one attached hydrogen (secondary N) is 1. The lowest BCUT2D eigenvalue weighted by Gasteiger charge is -2.25. The molecule has 0 amide bonds. The molecule has 0 aromatic heterocycles. The Labute approximate surface area is 129 Å². The van der Waals surface area contributed by atoms with E-state index in [0.717, 1.165) is 25.9 Å². The summed E-state index contributed by atoms with van der Waals surface area (Å²) >= 11 is 0. The van der Waals surface area contributed by atoms with Crippen molar-refractivity contribution < 1.29 is 23.8 Å². The second-order valence-corrected chi connectivity index (χ2v) is 4.97. The molecule has 1 saturated heterocycles. The molecule has 1 unspecified atom stereocenters. The van der Waals surface area contributed by atoms with E-state index < -0.39 is 11.8 Å². The van der Waals surface area contributed by atoms with Crippen LogP contribution in [-0.4, -0.2) is 44.7 Å². The Morgan fingerprint density at radius 3 is 2.82 bits per heavy atom. The Morgan fingerprint density at radius 1 is 1.36 bits per heavy atom. The van der Waals surface area contributed by atoms with E-state index in [1.807, 2.05) is 0 Å². The monoisotopic (exact) mass is 307 g/mol. The van der Waals surface area contributed by atoms with Gasteiger partial charge in [-0.2, -0.15) is 0 Å². The van der Waals surface area contributed by atoms with Gasteiger partial charge in [0.2, 0.25) is 0 Å². The minimum absolute atomic E-state index is 0.0237. The quantitative estimate of drug-likeness (QED) is 0.488. The summed E-state index contributed by atoms with van der Waals surface area (Å²) in [5.41, 5.74) is 0.155. The van der Waals surface area contributed by atoms with Crippen molar-refractivity contribution in [3.8, 4) is 11.5 Å². The van der Waals surface area contributed by atoms with Gasteiger partial charge in [0.25, 0.3) is 5.78 Å². The third-order valence-electron chi connectivity index (χ3n) is 3.43. The Bertz CT molecular complexity index is 537. The molecule has 0 bridgehead atoms. The van der Waals surface area contributed by atoms with Crippen molar-refractivity contribution in [1.82, 2.24) is 5.32 Å².